The molecule has 1 aromatic rings. The van der Waals surface area contributed by atoms with Crippen LogP contribution < -0.4 is 5.73 Å². The van der Waals surface area contributed by atoms with Crippen molar-refractivity contribution in [3.8, 4) is 0 Å². The summed E-state index contributed by atoms with van der Waals surface area (Å²) in [7, 11) is 0. The largest absolute Gasteiger partial charge is 0.369 e. The fraction of sp³-hybridized carbons (Fsp3) is 0.538. The molecule has 1 unspecified atom stereocenters. The van der Waals surface area contributed by atoms with Gasteiger partial charge < -0.3 is 10.5 Å². The molecular weight excluding hydrogens is 186 g/mol. The van der Waals surface area contributed by atoms with Gasteiger partial charge in [0.2, 0.25) is 0 Å². The van der Waals surface area contributed by atoms with Crippen LogP contribution in [0.3, 0.4) is 0 Å². The summed E-state index contributed by atoms with van der Waals surface area (Å²) in [4.78, 5) is 0. The number of ether oxygens (including phenoxy) is 1. The summed E-state index contributed by atoms with van der Waals surface area (Å²) >= 11 is 0. The van der Waals surface area contributed by atoms with E-state index in [0.29, 0.717) is 6.54 Å². The molecule has 1 aromatic carbocycles. The van der Waals surface area contributed by atoms with Crippen LogP contribution in [0.2, 0.25) is 0 Å². The third-order valence-electron chi connectivity index (χ3n) is 3.06. The van der Waals surface area contributed by atoms with Gasteiger partial charge in [-0.1, -0.05) is 29.8 Å². The summed E-state index contributed by atoms with van der Waals surface area (Å²) in [5.74, 6) is 0. The molecule has 1 heterocycles. The molecule has 0 aliphatic carbocycles. The Morgan fingerprint density at radius 3 is 2.67 bits per heavy atom. The molecule has 2 N–H and O–H groups in total. The van der Waals surface area contributed by atoms with Crippen LogP contribution in [0.15, 0.2) is 24.3 Å². The summed E-state index contributed by atoms with van der Waals surface area (Å²) in [6.45, 7) is 2.75. The van der Waals surface area contributed by atoms with Crippen molar-refractivity contribution in [2.45, 2.75) is 38.4 Å². The fourth-order valence-electron chi connectivity index (χ4n) is 2.10. The molecule has 1 fully saturated rings. The van der Waals surface area contributed by atoms with Gasteiger partial charge in [0.1, 0.15) is 0 Å². The van der Waals surface area contributed by atoms with Crippen molar-refractivity contribution in [2.75, 3.05) is 6.54 Å². The third kappa shape index (κ3) is 2.58. The number of hydrogen-bond donors (Lipinski definition) is 1. The van der Waals surface area contributed by atoms with Crippen LogP contribution >= 0.6 is 0 Å². The SMILES string of the molecule is Cc1ccc(C2CCC[C@@H](CN)O2)cc1. The zero-order valence-electron chi connectivity index (χ0n) is 9.28. The normalized spacial score (nSPS) is 26.5. The highest BCUT2D eigenvalue weighted by molar-refractivity contribution is 5.23. The maximum absolute atomic E-state index is 5.94. The minimum atomic E-state index is 0.255. The van der Waals surface area contributed by atoms with Gasteiger partial charge in [0.05, 0.1) is 12.2 Å². The highest BCUT2D eigenvalue weighted by Gasteiger charge is 2.22. The second-order valence-corrected chi connectivity index (χ2v) is 4.32. The lowest BCUT2D eigenvalue weighted by atomic mass is 9.98. The van der Waals surface area contributed by atoms with E-state index < -0.39 is 0 Å². The van der Waals surface area contributed by atoms with Gasteiger partial charge in [-0.15, -0.1) is 0 Å². The van der Waals surface area contributed by atoms with E-state index in [2.05, 4.69) is 31.2 Å². The average Bonchev–Trinajstić information content (AvgIpc) is 2.30. The molecule has 2 rings (SSSR count). The zero-order valence-corrected chi connectivity index (χ0v) is 9.28. The minimum Gasteiger partial charge on any atom is -0.369 e. The highest BCUT2D eigenvalue weighted by Crippen LogP contribution is 2.30. The van der Waals surface area contributed by atoms with Gasteiger partial charge in [0, 0.05) is 6.54 Å². The Morgan fingerprint density at radius 2 is 2.00 bits per heavy atom. The number of rotatable bonds is 2. The summed E-state index contributed by atoms with van der Waals surface area (Å²) in [6, 6.07) is 8.62. The fourth-order valence-corrected chi connectivity index (χ4v) is 2.10. The van der Waals surface area contributed by atoms with Gasteiger partial charge in [-0.2, -0.15) is 0 Å². The molecule has 0 spiro atoms. The lowest BCUT2D eigenvalue weighted by molar-refractivity contribution is -0.0461. The molecule has 82 valence electrons. The first-order chi connectivity index (χ1) is 7.29. The Balaban J connectivity index is 2.06. The maximum atomic E-state index is 5.94. The summed E-state index contributed by atoms with van der Waals surface area (Å²) in [5, 5.41) is 0. The number of hydrogen-bond acceptors (Lipinski definition) is 2. The molecule has 15 heavy (non-hydrogen) atoms. The molecule has 2 heteroatoms. The van der Waals surface area contributed by atoms with Gasteiger partial charge in [0.15, 0.2) is 0 Å². The van der Waals surface area contributed by atoms with Crippen LogP contribution in [0, 0.1) is 6.92 Å². The predicted molar refractivity (Wildman–Crippen MR) is 61.7 cm³/mol. The molecular formula is C13H19NO. The first kappa shape index (κ1) is 10.7. The van der Waals surface area contributed by atoms with Gasteiger partial charge in [-0.25, -0.2) is 0 Å². The summed E-state index contributed by atoms with van der Waals surface area (Å²) < 4.78 is 5.94. The predicted octanol–water partition coefficient (Wildman–Crippen LogP) is 2.56. The summed E-state index contributed by atoms with van der Waals surface area (Å²) in [5.41, 5.74) is 8.23. The Bertz CT molecular complexity index is 307. The van der Waals surface area contributed by atoms with Crippen molar-refractivity contribution in [2.24, 2.45) is 5.73 Å². The van der Waals surface area contributed by atoms with E-state index in [-0.39, 0.29) is 12.2 Å². The quantitative estimate of drug-likeness (QED) is 0.805. The van der Waals surface area contributed by atoms with Crippen molar-refractivity contribution >= 4 is 0 Å². The van der Waals surface area contributed by atoms with Crippen molar-refractivity contribution in [1.82, 2.24) is 0 Å². The molecule has 0 radical (unpaired) electrons. The van der Waals surface area contributed by atoms with Gasteiger partial charge in [0.25, 0.3) is 0 Å². The van der Waals surface area contributed by atoms with Crippen molar-refractivity contribution < 1.29 is 4.74 Å². The smallest absolute Gasteiger partial charge is 0.0829 e. The standard InChI is InChI=1S/C13H19NO/c1-10-5-7-11(8-6-10)13-4-2-3-12(9-14)15-13/h5-8,12-13H,2-4,9,14H2,1H3/t12-,13?/m0/s1. The van der Waals surface area contributed by atoms with E-state index in [9.17, 15) is 0 Å². The van der Waals surface area contributed by atoms with Gasteiger partial charge in [-0.05, 0) is 31.7 Å². The lowest BCUT2D eigenvalue weighted by Crippen LogP contribution is -2.29. The molecule has 1 aliphatic heterocycles. The minimum absolute atomic E-state index is 0.255. The first-order valence-corrected chi connectivity index (χ1v) is 5.71. The molecule has 1 saturated heterocycles. The van der Waals surface area contributed by atoms with Gasteiger partial charge in [-0.3, -0.25) is 0 Å². The molecule has 2 atom stereocenters. The second kappa shape index (κ2) is 4.77. The third-order valence-corrected chi connectivity index (χ3v) is 3.06. The van der Waals surface area contributed by atoms with Gasteiger partial charge >= 0.3 is 0 Å². The molecule has 1 aliphatic rings. The molecule has 0 saturated carbocycles. The first-order valence-electron chi connectivity index (χ1n) is 5.71. The molecule has 2 nitrogen and oxygen atoms in total. The van der Waals surface area contributed by atoms with E-state index in [1.54, 1.807) is 0 Å². The Morgan fingerprint density at radius 1 is 1.27 bits per heavy atom. The van der Waals surface area contributed by atoms with Crippen molar-refractivity contribution in [1.29, 1.82) is 0 Å². The number of nitrogens with two attached hydrogens (primary N) is 1. The Hall–Kier alpha value is -0.860. The molecule has 0 aromatic heterocycles. The van der Waals surface area contributed by atoms with E-state index in [1.165, 1.54) is 17.5 Å². The second-order valence-electron chi connectivity index (χ2n) is 4.32. The lowest BCUT2D eigenvalue weighted by Gasteiger charge is -2.29. The molecule has 0 amide bonds. The van der Waals surface area contributed by atoms with Crippen LogP contribution in [-0.4, -0.2) is 12.6 Å². The highest BCUT2D eigenvalue weighted by atomic mass is 16.5. The van der Waals surface area contributed by atoms with E-state index in [1.807, 2.05) is 0 Å². The van der Waals surface area contributed by atoms with Crippen LogP contribution in [0.4, 0.5) is 0 Å². The van der Waals surface area contributed by atoms with Crippen molar-refractivity contribution in [3.05, 3.63) is 35.4 Å². The van der Waals surface area contributed by atoms with E-state index in [0.717, 1.165) is 12.8 Å². The Labute approximate surface area is 91.4 Å². The van der Waals surface area contributed by atoms with Crippen LogP contribution in [-0.2, 0) is 4.74 Å². The topological polar surface area (TPSA) is 35.2 Å². The Kier molecular flexibility index (Phi) is 3.39. The number of aryl methyl sites for hydroxylation is 1. The summed E-state index contributed by atoms with van der Waals surface area (Å²) in [6.07, 6.45) is 3.97. The monoisotopic (exact) mass is 205 g/mol. The zero-order chi connectivity index (χ0) is 10.7. The van der Waals surface area contributed by atoms with Crippen molar-refractivity contribution in [3.63, 3.8) is 0 Å². The maximum Gasteiger partial charge on any atom is 0.0829 e. The average molecular weight is 205 g/mol. The van der Waals surface area contributed by atoms with E-state index in [4.69, 9.17) is 10.5 Å². The van der Waals surface area contributed by atoms with E-state index >= 15 is 0 Å². The van der Waals surface area contributed by atoms with Crippen LogP contribution in [0.1, 0.15) is 36.5 Å². The molecule has 0 bridgehead atoms. The number of benzene rings is 1. The van der Waals surface area contributed by atoms with Crippen LogP contribution in [0.5, 0.6) is 0 Å². The van der Waals surface area contributed by atoms with Crippen LogP contribution in [0.25, 0.3) is 0 Å².